The summed E-state index contributed by atoms with van der Waals surface area (Å²) in [4.78, 5) is 6.65. The maximum atomic E-state index is 6.41. The lowest BCUT2D eigenvalue weighted by molar-refractivity contribution is 0.419. The molecule has 104 valence electrons. The van der Waals surface area contributed by atoms with Crippen molar-refractivity contribution in [2.45, 2.75) is 12.2 Å². The number of amidine groups is 1. The molecule has 5 nitrogen and oxygen atoms in total. The Morgan fingerprint density at radius 3 is 2.75 bits per heavy atom. The Bertz CT molecular complexity index is 633. The number of anilines is 1. The van der Waals surface area contributed by atoms with Gasteiger partial charge in [-0.2, -0.15) is 0 Å². The van der Waals surface area contributed by atoms with Gasteiger partial charge in [0.25, 0.3) is 0 Å². The summed E-state index contributed by atoms with van der Waals surface area (Å²) >= 11 is 0. The van der Waals surface area contributed by atoms with E-state index in [4.69, 9.17) is 10.2 Å². The van der Waals surface area contributed by atoms with Crippen LogP contribution in [0.25, 0.3) is 0 Å². The highest BCUT2D eigenvalue weighted by Crippen LogP contribution is 2.28. The number of rotatable bonds is 2. The molecule has 0 saturated carbocycles. The van der Waals surface area contributed by atoms with Gasteiger partial charge in [-0.15, -0.1) is 0 Å². The maximum absolute atomic E-state index is 6.41. The first-order valence-electron chi connectivity index (χ1n) is 6.53. The zero-order chi connectivity index (χ0) is 14.2. The number of fused-ring (bicyclic) bond motifs is 1. The standard InChI is InChI=1S/C15H18N4O/c1-19(2)14-12-7-3-4-8-13(12)17-15(16,18-14)10-11-6-5-9-20-11/h3-9,17H,10,16H2,1-2H3. The zero-order valence-corrected chi connectivity index (χ0v) is 11.6. The molecular weight excluding hydrogens is 252 g/mol. The van der Waals surface area contributed by atoms with Crippen molar-refractivity contribution in [2.24, 2.45) is 10.7 Å². The molecule has 0 aliphatic carbocycles. The van der Waals surface area contributed by atoms with E-state index in [0.717, 1.165) is 22.8 Å². The molecule has 1 aromatic carbocycles. The van der Waals surface area contributed by atoms with Crippen molar-refractivity contribution in [3.05, 3.63) is 54.0 Å². The number of hydrogen-bond donors (Lipinski definition) is 2. The maximum Gasteiger partial charge on any atom is 0.191 e. The highest BCUT2D eigenvalue weighted by molar-refractivity contribution is 6.04. The minimum atomic E-state index is -0.897. The van der Waals surface area contributed by atoms with E-state index >= 15 is 0 Å². The lowest BCUT2D eigenvalue weighted by atomic mass is 10.1. The Kier molecular flexibility index (Phi) is 2.99. The molecule has 0 radical (unpaired) electrons. The molecule has 0 bridgehead atoms. The fraction of sp³-hybridized carbons (Fsp3) is 0.267. The monoisotopic (exact) mass is 270 g/mol. The van der Waals surface area contributed by atoms with Gasteiger partial charge in [0.05, 0.1) is 12.7 Å². The van der Waals surface area contributed by atoms with Crippen molar-refractivity contribution in [3.63, 3.8) is 0 Å². The van der Waals surface area contributed by atoms with Gasteiger partial charge in [0, 0.05) is 25.3 Å². The molecule has 1 atom stereocenters. The second-order valence-corrected chi connectivity index (χ2v) is 5.18. The number of benzene rings is 1. The van der Waals surface area contributed by atoms with Crippen LogP contribution in [0.5, 0.6) is 0 Å². The molecule has 3 N–H and O–H groups in total. The van der Waals surface area contributed by atoms with Gasteiger partial charge < -0.3 is 14.6 Å². The Hall–Kier alpha value is -2.27. The predicted molar refractivity (Wildman–Crippen MR) is 79.6 cm³/mol. The van der Waals surface area contributed by atoms with E-state index < -0.39 is 5.79 Å². The van der Waals surface area contributed by atoms with E-state index in [2.05, 4.69) is 10.3 Å². The Balaban J connectivity index is 2.01. The smallest absolute Gasteiger partial charge is 0.191 e. The van der Waals surface area contributed by atoms with Crippen molar-refractivity contribution in [3.8, 4) is 0 Å². The van der Waals surface area contributed by atoms with Gasteiger partial charge in [0.2, 0.25) is 0 Å². The molecule has 0 amide bonds. The summed E-state index contributed by atoms with van der Waals surface area (Å²) in [5.41, 5.74) is 8.45. The first kappa shape index (κ1) is 12.7. The summed E-state index contributed by atoms with van der Waals surface area (Å²) in [5, 5.41) is 3.30. The number of nitrogens with two attached hydrogens (primary N) is 1. The average molecular weight is 270 g/mol. The lowest BCUT2D eigenvalue weighted by Crippen LogP contribution is -2.52. The largest absolute Gasteiger partial charge is 0.469 e. The minimum Gasteiger partial charge on any atom is -0.469 e. The summed E-state index contributed by atoms with van der Waals surface area (Å²) < 4.78 is 5.38. The van der Waals surface area contributed by atoms with Crippen LogP contribution >= 0.6 is 0 Å². The molecule has 0 saturated heterocycles. The van der Waals surface area contributed by atoms with Crippen LogP contribution in [0.3, 0.4) is 0 Å². The van der Waals surface area contributed by atoms with Crippen LogP contribution in [-0.2, 0) is 6.42 Å². The van der Waals surface area contributed by atoms with Crippen LogP contribution in [0.2, 0.25) is 0 Å². The van der Waals surface area contributed by atoms with Gasteiger partial charge >= 0.3 is 0 Å². The van der Waals surface area contributed by atoms with E-state index in [1.807, 2.05) is 55.4 Å². The molecule has 20 heavy (non-hydrogen) atoms. The third-order valence-corrected chi connectivity index (χ3v) is 3.27. The molecule has 3 rings (SSSR count). The number of nitrogens with zero attached hydrogens (tertiary/aromatic N) is 2. The number of hydrogen-bond acceptors (Lipinski definition) is 5. The van der Waals surface area contributed by atoms with Crippen LogP contribution in [-0.4, -0.2) is 30.6 Å². The molecule has 5 heteroatoms. The van der Waals surface area contributed by atoms with Crippen LogP contribution in [0, 0.1) is 0 Å². The molecule has 2 heterocycles. The lowest BCUT2D eigenvalue weighted by Gasteiger charge is -2.35. The van der Waals surface area contributed by atoms with E-state index in [1.165, 1.54) is 0 Å². The third-order valence-electron chi connectivity index (χ3n) is 3.27. The fourth-order valence-electron chi connectivity index (χ4n) is 2.40. The first-order valence-corrected chi connectivity index (χ1v) is 6.53. The number of aliphatic imine (C=N–C) groups is 1. The van der Waals surface area contributed by atoms with Gasteiger partial charge in [-0.25, -0.2) is 4.99 Å². The average Bonchev–Trinajstić information content (AvgIpc) is 2.89. The quantitative estimate of drug-likeness (QED) is 0.874. The van der Waals surface area contributed by atoms with Crippen molar-refractivity contribution >= 4 is 11.5 Å². The summed E-state index contributed by atoms with van der Waals surface area (Å²) in [6, 6.07) is 11.8. The SMILES string of the molecule is CN(C)C1=NC(N)(Cc2ccco2)Nc2ccccc21. The summed E-state index contributed by atoms with van der Waals surface area (Å²) in [6.07, 6.45) is 2.14. The van der Waals surface area contributed by atoms with Gasteiger partial charge in [-0.1, -0.05) is 12.1 Å². The fourth-order valence-corrected chi connectivity index (χ4v) is 2.40. The van der Waals surface area contributed by atoms with Crippen molar-refractivity contribution in [2.75, 3.05) is 19.4 Å². The summed E-state index contributed by atoms with van der Waals surface area (Å²) in [7, 11) is 3.93. The van der Waals surface area contributed by atoms with Crippen LogP contribution in [0.15, 0.2) is 52.1 Å². The second-order valence-electron chi connectivity index (χ2n) is 5.18. The first-order chi connectivity index (χ1) is 9.57. The molecule has 0 fully saturated rings. The molecule has 2 aromatic rings. The molecule has 0 spiro atoms. The molecule has 1 unspecified atom stereocenters. The van der Waals surface area contributed by atoms with Crippen molar-refractivity contribution < 1.29 is 4.42 Å². The second kappa shape index (κ2) is 4.68. The Morgan fingerprint density at radius 2 is 2.05 bits per heavy atom. The van der Waals surface area contributed by atoms with E-state index in [1.54, 1.807) is 6.26 Å². The van der Waals surface area contributed by atoms with Gasteiger partial charge in [0.15, 0.2) is 5.79 Å². The topological polar surface area (TPSA) is 66.8 Å². The zero-order valence-electron chi connectivity index (χ0n) is 11.6. The molecule has 1 aliphatic heterocycles. The number of nitrogens with one attached hydrogen (secondary N) is 1. The Labute approximate surface area is 118 Å². The molecule has 1 aliphatic rings. The molecular formula is C15H18N4O. The third kappa shape index (κ3) is 2.28. The van der Waals surface area contributed by atoms with E-state index in [-0.39, 0.29) is 0 Å². The van der Waals surface area contributed by atoms with Crippen LogP contribution in [0.1, 0.15) is 11.3 Å². The number of furan rings is 1. The predicted octanol–water partition coefficient (Wildman–Crippen LogP) is 1.87. The van der Waals surface area contributed by atoms with Gasteiger partial charge in [-0.3, -0.25) is 5.73 Å². The van der Waals surface area contributed by atoms with Crippen molar-refractivity contribution in [1.29, 1.82) is 0 Å². The normalized spacial score (nSPS) is 20.9. The van der Waals surface area contributed by atoms with Crippen LogP contribution in [0.4, 0.5) is 5.69 Å². The summed E-state index contributed by atoms with van der Waals surface area (Å²) in [5.74, 6) is 0.779. The van der Waals surface area contributed by atoms with Crippen molar-refractivity contribution in [1.82, 2.24) is 4.90 Å². The Morgan fingerprint density at radius 1 is 1.25 bits per heavy atom. The highest BCUT2D eigenvalue weighted by Gasteiger charge is 2.32. The van der Waals surface area contributed by atoms with Crippen LogP contribution < -0.4 is 11.1 Å². The van der Waals surface area contributed by atoms with E-state index in [9.17, 15) is 0 Å². The highest BCUT2D eigenvalue weighted by atomic mass is 16.3. The van der Waals surface area contributed by atoms with Gasteiger partial charge in [0.1, 0.15) is 11.6 Å². The number of para-hydroxylation sites is 1. The summed E-state index contributed by atoms with van der Waals surface area (Å²) in [6.45, 7) is 0. The van der Waals surface area contributed by atoms with Gasteiger partial charge in [-0.05, 0) is 24.3 Å². The van der Waals surface area contributed by atoms with E-state index in [0.29, 0.717) is 6.42 Å². The molecule has 1 aromatic heterocycles. The minimum absolute atomic E-state index is 0.492.